The summed E-state index contributed by atoms with van der Waals surface area (Å²) in [6.45, 7) is 6.68. The topological polar surface area (TPSA) is 69.0 Å². The van der Waals surface area contributed by atoms with Crippen LogP contribution in [0.3, 0.4) is 0 Å². The van der Waals surface area contributed by atoms with Gasteiger partial charge in [0.1, 0.15) is 11.6 Å². The van der Waals surface area contributed by atoms with E-state index in [1.54, 1.807) is 4.68 Å². The highest BCUT2D eigenvalue weighted by atomic mass is 16.5. The van der Waals surface area contributed by atoms with E-state index in [-0.39, 0.29) is 5.91 Å². The molecule has 1 aromatic rings. The van der Waals surface area contributed by atoms with Crippen LogP contribution in [0.5, 0.6) is 0 Å². The number of aromatic nitrogens is 3. The number of carbonyl (C=O) groups excluding carboxylic acids is 1. The van der Waals surface area contributed by atoms with Gasteiger partial charge in [-0.05, 0) is 32.6 Å². The predicted molar refractivity (Wildman–Crippen MR) is 70.7 cm³/mol. The summed E-state index contributed by atoms with van der Waals surface area (Å²) in [5, 5.41) is 7.21. The predicted octanol–water partition coefficient (Wildman–Crippen LogP) is 0.828. The summed E-state index contributed by atoms with van der Waals surface area (Å²) in [7, 11) is 0. The quantitative estimate of drug-likeness (QED) is 0.857. The SMILES string of the molecule is Cc1nc(C)n(CCC(=O)NCC2CCCOC2)n1. The number of nitrogens with zero attached hydrogens (tertiary/aromatic N) is 3. The molecule has 1 aromatic heterocycles. The largest absolute Gasteiger partial charge is 0.381 e. The lowest BCUT2D eigenvalue weighted by Gasteiger charge is -2.22. The molecule has 1 N–H and O–H groups in total. The smallest absolute Gasteiger partial charge is 0.221 e. The van der Waals surface area contributed by atoms with Crippen molar-refractivity contribution in [1.82, 2.24) is 20.1 Å². The molecule has 0 aliphatic carbocycles. The van der Waals surface area contributed by atoms with E-state index >= 15 is 0 Å². The first kappa shape index (κ1) is 14.0. The van der Waals surface area contributed by atoms with Crippen LogP contribution in [0.1, 0.15) is 30.9 Å². The van der Waals surface area contributed by atoms with Crippen LogP contribution in [-0.2, 0) is 16.1 Å². The van der Waals surface area contributed by atoms with E-state index in [9.17, 15) is 4.79 Å². The lowest BCUT2D eigenvalue weighted by atomic mass is 10.0. The van der Waals surface area contributed by atoms with Crippen molar-refractivity contribution in [3.63, 3.8) is 0 Å². The molecular weight excluding hydrogens is 244 g/mol. The fraction of sp³-hybridized carbons (Fsp3) is 0.769. The molecule has 1 aliphatic rings. The zero-order valence-corrected chi connectivity index (χ0v) is 11.7. The highest BCUT2D eigenvalue weighted by molar-refractivity contribution is 5.75. The number of nitrogens with one attached hydrogen (secondary N) is 1. The van der Waals surface area contributed by atoms with Gasteiger partial charge in [0.05, 0.1) is 13.2 Å². The standard InChI is InChI=1S/C13H22N4O2/c1-10-15-11(2)17(16-10)6-5-13(18)14-8-12-4-3-7-19-9-12/h12H,3-9H2,1-2H3,(H,14,18). The van der Waals surface area contributed by atoms with Gasteiger partial charge >= 0.3 is 0 Å². The van der Waals surface area contributed by atoms with Crippen LogP contribution >= 0.6 is 0 Å². The molecule has 1 amide bonds. The summed E-state index contributed by atoms with van der Waals surface area (Å²) in [5.41, 5.74) is 0. The average Bonchev–Trinajstić information content (AvgIpc) is 2.73. The second-order valence-electron chi connectivity index (χ2n) is 5.07. The molecule has 1 atom stereocenters. The normalized spacial score (nSPS) is 19.4. The third-order valence-corrected chi connectivity index (χ3v) is 3.36. The third-order valence-electron chi connectivity index (χ3n) is 3.36. The number of ether oxygens (including phenoxy) is 1. The fourth-order valence-corrected chi connectivity index (χ4v) is 2.30. The van der Waals surface area contributed by atoms with Gasteiger partial charge in [-0.2, -0.15) is 5.10 Å². The molecule has 106 valence electrons. The summed E-state index contributed by atoms with van der Waals surface area (Å²) in [6.07, 6.45) is 2.68. The molecule has 0 bridgehead atoms. The van der Waals surface area contributed by atoms with Crippen LogP contribution < -0.4 is 5.32 Å². The van der Waals surface area contributed by atoms with Crippen molar-refractivity contribution < 1.29 is 9.53 Å². The first-order valence-corrected chi connectivity index (χ1v) is 6.87. The Labute approximate surface area is 113 Å². The summed E-state index contributed by atoms with van der Waals surface area (Å²) in [4.78, 5) is 16.0. The van der Waals surface area contributed by atoms with E-state index in [2.05, 4.69) is 15.4 Å². The maximum atomic E-state index is 11.8. The van der Waals surface area contributed by atoms with Gasteiger partial charge in [0.25, 0.3) is 0 Å². The molecule has 1 unspecified atom stereocenters. The lowest BCUT2D eigenvalue weighted by molar-refractivity contribution is -0.121. The molecular formula is C13H22N4O2. The Morgan fingerprint density at radius 3 is 3.00 bits per heavy atom. The second-order valence-corrected chi connectivity index (χ2v) is 5.07. The van der Waals surface area contributed by atoms with Crippen molar-refractivity contribution in [1.29, 1.82) is 0 Å². The fourth-order valence-electron chi connectivity index (χ4n) is 2.30. The minimum atomic E-state index is 0.0677. The van der Waals surface area contributed by atoms with Crippen molar-refractivity contribution in [3.05, 3.63) is 11.6 Å². The van der Waals surface area contributed by atoms with Gasteiger partial charge in [-0.25, -0.2) is 9.67 Å². The minimum Gasteiger partial charge on any atom is -0.381 e. The average molecular weight is 266 g/mol. The number of hydrogen-bond acceptors (Lipinski definition) is 4. The lowest BCUT2D eigenvalue weighted by Crippen LogP contribution is -2.33. The Hall–Kier alpha value is -1.43. The highest BCUT2D eigenvalue weighted by Crippen LogP contribution is 2.12. The van der Waals surface area contributed by atoms with Gasteiger partial charge in [-0.3, -0.25) is 4.79 Å². The number of carbonyl (C=O) groups is 1. The Morgan fingerprint density at radius 1 is 1.53 bits per heavy atom. The molecule has 2 heterocycles. The van der Waals surface area contributed by atoms with Crippen molar-refractivity contribution in [2.24, 2.45) is 5.92 Å². The van der Waals surface area contributed by atoms with Crippen molar-refractivity contribution >= 4 is 5.91 Å². The zero-order valence-electron chi connectivity index (χ0n) is 11.7. The van der Waals surface area contributed by atoms with Crippen LogP contribution in [-0.4, -0.2) is 40.4 Å². The molecule has 6 nitrogen and oxygen atoms in total. The maximum Gasteiger partial charge on any atom is 0.221 e. The molecule has 0 aromatic carbocycles. The van der Waals surface area contributed by atoms with Crippen LogP contribution in [0.2, 0.25) is 0 Å². The molecule has 1 saturated heterocycles. The molecule has 6 heteroatoms. The van der Waals surface area contributed by atoms with E-state index in [0.29, 0.717) is 25.4 Å². The second kappa shape index (κ2) is 6.65. The minimum absolute atomic E-state index is 0.0677. The van der Waals surface area contributed by atoms with Gasteiger partial charge in [-0.15, -0.1) is 0 Å². The molecule has 1 fully saturated rings. The molecule has 19 heavy (non-hydrogen) atoms. The first-order valence-electron chi connectivity index (χ1n) is 6.87. The summed E-state index contributed by atoms with van der Waals surface area (Å²) >= 11 is 0. The molecule has 0 radical (unpaired) electrons. The van der Waals surface area contributed by atoms with E-state index in [1.165, 1.54) is 0 Å². The Morgan fingerprint density at radius 2 is 2.37 bits per heavy atom. The van der Waals surface area contributed by atoms with E-state index in [1.807, 2.05) is 13.8 Å². The van der Waals surface area contributed by atoms with Crippen molar-refractivity contribution in [2.75, 3.05) is 19.8 Å². The Bertz CT molecular complexity index is 424. The van der Waals surface area contributed by atoms with Crippen LogP contribution in [0.25, 0.3) is 0 Å². The summed E-state index contributed by atoms with van der Waals surface area (Å²) in [5.74, 6) is 2.13. The van der Waals surface area contributed by atoms with E-state index in [0.717, 1.165) is 37.7 Å². The number of hydrogen-bond donors (Lipinski definition) is 1. The zero-order chi connectivity index (χ0) is 13.7. The summed E-state index contributed by atoms with van der Waals surface area (Å²) < 4.78 is 7.16. The molecule has 0 spiro atoms. The highest BCUT2D eigenvalue weighted by Gasteiger charge is 2.14. The number of aryl methyl sites for hydroxylation is 3. The Balaban J connectivity index is 1.68. The molecule has 1 aliphatic heterocycles. The molecule has 2 rings (SSSR count). The number of rotatable bonds is 5. The maximum absolute atomic E-state index is 11.8. The van der Waals surface area contributed by atoms with Gasteiger partial charge in [0.2, 0.25) is 5.91 Å². The molecule has 0 saturated carbocycles. The third kappa shape index (κ3) is 4.31. The van der Waals surface area contributed by atoms with E-state index < -0.39 is 0 Å². The van der Waals surface area contributed by atoms with Crippen LogP contribution in [0.15, 0.2) is 0 Å². The first-order chi connectivity index (χ1) is 9.15. The van der Waals surface area contributed by atoms with Gasteiger partial charge < -0.3 is 10.1 Å². The Kier molecular flexibility index (Phi) is 4.90. The van der Waals surface area contributed by atoms with Crippen LogP contribution in [0, 0.1) is 19.8 Å². The monoisotopic (exact) mass is 266 g/mol. The number of amides is 1. The van der Waals surface area contributed by atoms with Gasteiger partial charge in [0.15, 0.2) is 0 Å². The van der Waals surface area contributed by atoms with Gasteiger partial charge in [0, 0.05) is 19.6 Å². The van der Waals surface area contributed by atoms with Crippen molar-refractivity contribution in [3.8, 4) is 0 Å². The van der Waals surface area contributed by atoms with E-state index in [4.69, 9.17) is 4.74 Å². The van der Waals surface area contributed by atoms with Crippen LogP contribution in [0.4, 0.5) is 0 Å². The summed E-state index contributed by atoms with van der Waals surface area (Å²) in [6, 6.07) is 0. The van der Waals surface area contributed by atoms with Gasteiger partial charge in [-0.1, -0.05) is 0 Å². The van der Waals surface area contributed by atoms with Crippen molar-refractivity contribution in [2.45, 2.75) is 39.7 Å².